The predicted molar refractivity (Wildman–Crippen MR) is 83.9 cm³/mol. The third kappa shape index (κ3) is 4.22. The number of carbonyl (C=O) groups excluding carboxylic acids is 1. The second-order valence-corrected chi connectivity index (χ2v) is 5.52. The number of anilines is 1. The quantitative estimate of drug-likeness (QED) is 0.904. The van der Waals surface area contributed by atoms with E-state index in [1.54, 1.807) is 12.1 Å². The minimum Gasteiger partial charge on any atom is -0.376 e. The fraction of sp³-hybridized carbons (Fsp3) is 0.529. The summed E-state index contributed by atoms with van der Waals surface area (Å²) in [5.74, 6) is 0.145. The number of nitriles is 1. The Morgan fingerprint density at radius 3 is 2.81 bits per heavy atom. The van der Waals surface area contributed by atoms with Crippen LogP contribution in [0.15, 0.2) is 24.3 Å². The van der Waals surface area contributed by atoms with Gasteiger partial charge in [0.1, 0.15) is 0 Å². The van der Waals surface area contributed by atoms with Crippen molar-refractivity contribution in [2.45, 2.75) is 45.1 Å². The van der Waals surface area contributed by atoms with E-state index in [2.05, 4.69) is 11.4 Å². The van der Waals surface area contributed by atoms with Gasteiger partial charge >= 0.3 is 0 Å². The third-order valence-corrected chi connectivity index (χ3v) is 4.11. The minimum atomic E-state index is 0.145. The zero-order chi connectivity index (χ0) is 15.1. The summed E-state index contributed by atoms with van der Waals surface area (Å²) in [5, 5.41) is 12.0. The van der Waals surface area contributed by atoms with Gasteiger partial charge < -0.3 is 10.2 Å². The van der Waals surface area contributed by atoms with Crippen LogP contribution in [0.5, 0.6) is 0 Å². The molecule has 4 heteroatoms. The van der Waals surface area contributed by atoms with Gasteiger partial charge in [-0.3, -0.25) is 4.79 Å². The molecule has 1 amide bonds. The minimum absolute atomic E-state index is 0.145. The molecule has 21 heavy (non-hydrogen) atoms. The summed E-state index contributed by atoms with van der Waals surface area (Å²) in [6, 6.07) is 9.74. The number of nitrogens with zero attached hydrogens (tertiary/aromatic N) is 2. The Morgan fingerprint density at radius 1 is 1.38 bits per heavy atom. The molecule has 0 heterocycles. The summed E-state index contributed by atoms with van der Waals surface area (Å²) in [6.07, 6.45) is 6.01. The highest BCUT2D eigenvalue weighted by atomic mass is 16.2. The summed E-state index contributed by atoms with van der Waals surface area (Å²) < 4.78 is 0. The molecule has 1 fully saturated rings. The Balaban J connectivity index is 1.91. The van der Waals surface area contributed by atoms with Crippen molar-refractivity contribution in [1.82, 2.24) is 4.90 Å². The first-order chi connectivity index (χ1) is 10.2. The number of carbonyl (C=O) groups is 1. The summed E-state index contributed by atoms with van der Waals surface area (Å²) in [6.45, 7) is 3.10. The molecule has 1 aliphatic rings. The Morgan fingerprint density at radius 2 is 2.14 bits per heavy atom. The van der Waals surface area contributed by atoms with E-state index < -0.39 is 0 Å². The number of likely N-dealkylation sites (N-methyl/N-ethyl adjacent to an activating group) is 1. The van der Waals surface area contributed by atoms with Gasteiger partial charge in [-0.25, -0.2) is 0 Å². The van der Waals surface area contributed by atoms with Crippen LogP contribution in [0.25, 0.3) is 0 Å². The lowest BCUT2D eigenvalue weighted by atomic mass is 9.94. The third-order valence-electron chi connectivity index (χ3n) is 4.11. The van der Waals surface area contributed by atoms with E-state index in [0.717, 1.165) is 25.1 Å². The van der Waals surface area contributed by atoms with Crippen LogP contribution in [-0.2, 0) is 4.79 Å². The van der Waals surface area contributed by atoms with Gasteiger partial charge in [0, 0.05) is 18.3 Å². The fourth-order valence-electron chi connectivity index (χ4n) is 3.01. The van der Waals surface area contributed by atoms with Gasteiger partial charge in [0.25, 0.3) is 0 Å². The highest BCUT2D eigenvalue weighted by molar-refractivity contribution is 5.81. The van der Waals surface area contributed by atoms with Crippen LogP contribution in [-0.4, -0.2) is 29.9 Å². The molecule has 1 saturated carbocycles. The summed E-state index contributed by atoms with van der Waals surface area (Å²) in [4.78, 5) is 14.4. The van der Waals surface area contributed by atoms with Gasteiger partial charge in [-0.15, -0.1) is 0 Å². The standard InChI is InChI=1S/C17H23N3O/c1-2-20(16-9-4-3-5-10-16)17(21)13-19-15-8-6-7-14(11-15)12-18/h6-8,11,16,19H,2-5,9-10,13H2,1H3. The molecular formula is C17H23N3O. The van der Waals surface area contributed by atoms with Crippen molar-refractivity contribution in [2.24, 2.45) is 0 Å². The average Bonchev–Trinajstić information content (AvgIpc) is 2.55. The highest BCUT2D eigenvalue weighted by Crippen LogP contribution is 2.22. The van der Waals surface area contributed by atoms with Gasteiger partial charge in [-0.05, 0) is 38.0 Å². The van der Waals surface area contributed by atoms with Crippen LogP contribution in [0.4, 0.5) is 5.69 Å². The lowest BCUT2D eigenvalue weighted by Gasteiger charge is -2.33. The maximum Gasteiger partial charge on any atom is 0.242 e. The summed E-state index contributed by atoms with van der Waals surface area (Å²) >= 11 is 0. The topological polar surface area (TPSA) is 56.1 Å². The lowest BCUT2D eigenvalue weighted by Crippen LogP contribution is -2.43. The molecule has 0 spiro atoms. The van der Waals surface area contributed by atoms with E-state index in [-0.39, 0.29) is 5.91 Å². The smallest absolute Gasteiger partial charge is 0.242 e. The number of hydrogen-bond acceptors (Lipinski definition) is 3. The monoisotopic (exact) mass is 285 g/mol. The molecule has 1 N–H and O–H groups in total. The van der Waals surface area contributed by atoms with Crippen LogP contribution >= 0.6 is 0 Å². The van der Waals surface area contributed by atoms with Gasteiger partial charge in [0.15, 0.2) is 0 Å². The van der Waals surface area contributed by atoms with Gasteiger partial charge in [-0.2, -0.15) is 5.26 Å². The molecule has 2 rings (SSSR count). The van der Waals surface area contributed by atoms with Crippen LogP contribution in [0.3, 0.4) is 0 Å². The first-order valence-corrected chi connectivity index (χ1v) is 7.78. The molecule has 1 aromatic rings. The highest BCUT2D eigenvalue weighted by Gasteiger charge is 2.23. The van der Waals surface area contributed by atoms with E-state index in [1.807, 2.05) is 24.0 Å². The first-order valence-electron chi connectivity index (χ1n) is 7.78. The molecular weight excluding hydrogens is 262 g/mol. The fourth-order valence-corrected chi connectivity index (χ4v) is 3.01. The molecule has 0 aromatic heterocycles. The Bertz CT molecular complexity index is 515. The van der Waals surface area contributed by atoms with Gasteiger partial charge in [-0.1, -0.05) is 25.3 Å². The van der Waals surface area contributed by atoms with E-state index in [1.165, 1.54) is 19.3 Å². The zero-order valence-corrected chi connectivity index (χ0v) is 12.6. The maximum absolute atomic E-state index is 12.4. The molecule has 0 saturated heterocycles. The Hall–Kier alpha value is -2.02. The van der Waals surface area contributed by atoms with Crippen molar-refractivity contribution in [2.75, 3.05) is 18.4 Å². The van der Waals surface area contributed by atoms with Crippen molar-refractivity contribution in [3.63, 3.8) is 0 Å². The number of nitrogens with one attached hydrogen (secondary N) is 1. The van der Waals surface area contributed by atoms with E-state index in [9.17, 15) is 4.79 Å². The zero-order valence-electron chi connectivity index (χ0n) is 12.6. The second kappa shape index (κ2) is 7.68. The molecule has 0 bridgehead atoms. The Kier molecular flexibility index (Phi) is 5.62. The molecule has 1 aromatic carbocycles. The lowest BCUT2D eigenvalue weighted by molar-refractivity contribution is -0.132. The number of hydrogen-bond donors (Lipinski definition) is 1. The molecule has 0 aliphatic heterocycles. The van der Waals surface area contributed by atoms with Crippen molar-refractivity contribution in [3.8, 4) is 6.07 Å². The first kappa shape index (κ1) is 15.4. The van der Waals surface area contributed by atoms with Crippen LogP contribution in [0, 0.1) is 11.3 Å². The molecule has 1 aliphatic carbocycles. The summed E-state index contributed by atoms with van der Waals surface area (Å²) in [7, 11) is 0. The van der Waals surface area contributed by atoms with Gasteiger partial charge in [0.05, 0.1) is 18.2 Å². The SMILES string of the molecule is CCN(C(=O)CNc1cccc(C#N)c1)C1CCCCC1. The van der Waals surface area contributed by atoms with Crippen molar-refractivity contribution in [1.29, 1.82) is 5.26 Å². The normalized spacial score (nSPS) is 15.2. The maximum atomic E-state index is 12.4. The predicted octanol–water partition coefficient (Wildman–Crippen LogP) is 3.15. The molecule has 0 atom stereocenters. The number of benzene rings is 1. The van der Waals surface area contributed by atoms with Crippen LogP contribution < -0.4 is 5.32 Å². The van der Waals surface area contributed by atoms with E-state index in [0.29, 0.717) is 18.2 Å². The van der Waals surface area contributed by atoms with Crippen LogP contribution in [0.1, 0.15) is 44.6 Å². The molecule has 112 valence electrons. The summed E-state index contributed by atoms with van der Waals surface area (Å²) in [5.41, 5.74) is 1.43. The van der Waals surface area contributed by atoms with E-state index in [4.69, 9.17) is 5.26 Å². The second-order valence-electron chi connectivity index (χ2n) is 5.52. The largest absolute Gasteiger partial charge is 0.376 e. The molecule has 0 radical (unpaired) electrons. The number of amides is 1. The molecule has 4 nitrogen and oxygen atoms in total. The average molecular weight is 285 g/mol. The van der Waals surface area contributed by atoms with Crippen molar-refractivity contribution >= 4 is 11.6 Å². The van der Waals surface area contributed by atoms with Crippen molar-refractivity contribution < 1.29 is 4.79 Å². The number of rotatable bonds is 5. The van der Waals surface area contributed by atoms with Crippen molar-refractivity contribution in [3.05, 3.63) is 29.8 Å². The molecule has 0 unspecified atom stereocenters. The van der Waals surface area contributed by atoms with Crippen LogP contribution in [0.2, 0.25) is 0 Å². The van der Waals surface area contributed by atoms with E-state index >= 15 is 0 Å². The van der Waals surface area contributed by atoms with Gasteiger partial charge in [0.2, 0.25) is 5.91 Å². The Labute approximate surface area is 126 Å².